The van der Waals surface area contributed by atoms with Crippen LogP contribution in [0.5, 0.6) is 5.75 Å². The fourth-order valence-corrected chi connectivity index (χ4v) is 2.30. The summed E-state index contributed by atoms with van der Waals surface area (Å²) in [4.78, 5) is 0. The fraction of sp³-hybridized carbons (Fsp3) is 0.500. The third-order valence-electron chi connectivity index (χ3n) is 2.59. The molecule has 1 rings (SSSR count). The Hall–Kier alpha value is -1.14. The van der Waals surface area contributed by atoms with Gasteiger partial charge in [0, 0.05) is 5.75 Å². The average Bonchev–Trinajstić information content (AvgIpc) is 2.38. The highest BCUT2D eigenvalue weighted by Crippen LogP contribution is 2.17. The molecule has 92 valence electrons. The van der Waals surface area contributed by atoms with Crippen molar-refractivity contribution in [3.05, 3.63) is 29.8 Å². The highest BCUT2D eigenvalue weighted by Gasteiger charge is 2.02. The van der Waals surface area contributed by atoms with E-state index in [4.69, 9.17) is 10.00 Å². The van der Waals surface area contributed by atoms with Crippen molar-refractivity contribution in [3.63, 3.8) is 0 Å². The molecule has 17 heavy (non-hydrogen) atoms. The van der Waals surface area contributed by atoms with Gasteiger partial charge in [0.15, 0.2) is 0 Å². The summed E-state index contributed by atoms with van der Waals surface area (Å²) in [5, 5.41) is 8.89. The molecule has 1 unspecified atom stereocenters. The zero-order chi connectivity index (χ0) is 12.5. The summed E-state index contributed by atoms with van der Waals surface area (Å²) in [6, 6.07) is 9.50. The maximum absolute atomic E-state index is 8.89. The number of nitriles is 1. The molecule has 2 nitrogen and oxygen atoms in total. The lowest BCUT2D eigenvalue weighted by molar-refractivity contribution is 0.343. The summed E-state index contributed by atoms with van der Waals surface area (Å²) >= 11 is 1.91. The lowest BCUT2D eigenvalue weighted by Gasteiger charge is -2.09. The summed E-state index contributed by atoms with van der Waals surface area (Å²) in [6.45, 7) is 5.14. The molecule has 1 aromatic rings. The highest BCUT2D eigenvalue weighted by molar-refractivity contribution is 7.99. The van der Waals surface area contributed by atoms with Crippen LogP contribution < -0.4 is 4.74 Å². The molecule has 0 N–H and O–H groups in total. The second-order valence-corrected chi connectivity index (χ2v) is 5.19. The minimum atomic E-state index is 0.611. The lowest BCUT2D eigenvalue weighted by atomic mass is 10.2. The second kappa shape index (κ2) is 8.03. The molecule has 0 spiro atoms. The summed E-state index contributed by atoms with van der Waals surface area (Å²) in [5.41, 5.74) is 0.611. The van der Waals surface area contributed by atoms with Crippen LogP contribution >= 0.6 is 11.8 Å². The van der Waals surface area contributed by atoms with Crippen LogP contribution in [0.1, 0.15) is 25.8 Å². The Morgan fingerprint density at radius 1 is 1.41 bits per heavy atom. The normalized spacial score (nSPS) is 11.8. The van der Waals surface area contributed by atoms with E-state index >= 15 is 0 Å². The number of thioether (sulfide) groups is 1. The molecule has 1 atom stereocenters. The molecule has 0 aliphatic heterocycles. The number of nitrogens with zero attached hydrogens (tertiary/aromatic N) is 1. The maximum Gasteiger partial charge on any atom is 0.137 e. The molecular formula is C14H19NOS. The fourth-order valence-electron chi connectivity index (χ4n) is 1.30. The SMILES string of the molecule is CCC(C)CSCCOc1ccccc1C#N. The van der Waals surface area contributed by atoms with E-state index in [0.29, 0.717) is 17.9 Å². The van der Waals surface area contributed by atoms with Crippen molar-refractivity contribution in [2.45, 2.75) is 20.3 Å². The van der Waals surface area contributed by atoms with Crippen molar-refractivity contribution in [1.29, 1.82) is 5.26 Å². The largest absolute Gasteiger partial charge is 0.491 e. The van der Waals surface area contributed by atoms with Gasteiger partial charge in [-0.1, -0.05) is 32.4 Å². The van der Waals surface area contributed by atoms with Gasteiger partial charge in [-0.25, -0.2) is 0 Å². The molecule has 0 saturated heterocycles. The van der Waals surface area contributed by atoms with Crippen molar-refractivity contribution in [1.82, 2.24) is 0 Å². The van der Waals surface area contributed by atoms with Gasteiger partial charge < -0.3 is 4.74 Å². The Bertz CT molecular complexity index is 373. The molecule has 0 aromatic heterocycles. The first-order valence-corrected chi connectivity index (χ1v) is 7.13. The van der Waals surface area contributed by atoms with Crippen LogP contribution in [0, 0.1) is 17.2 Å². The lowest BCUT2D eigenvalue weighted by Crippen LogP contribution is -2.04. The van der Waals surface area contributed by atoms with Crippen LogP contribution in [-0.4, -0.2) is 18.1 Å². The zero-order valence-corrected chi connectivity index (χ0v) is 11.3. The molecule has 0 heterocycles. The second-order valence-electron chi connectivity index (χ2n) is 4.04. The Morgan fingerprint density at radius 3 is 2.88 bits per heavy atom. The number of para-hydroxylation sites is 1. The molecule has 0 bridgehead atoms. The van der Waals surface area contributed by atoms with Gasteiger partial charge in [0.2, 0.25) is 0 Å². The number of hydrogen-bond donors (Lipinski definition) is 0. The van der Waals surface area contributed by atoms with E-state index < -0.39 is 0 Å². The standard InChI is InChI=1S/C14H19NOS/c1-3-12(2)11-17-9-8-16-14-7-5-4-6-13(14)10-15/h4-7,12H,3,8-9,11H2,1-2H3. The van der Waals surface area contributed by atoms with Gasteiger partial charge in [-0.2, -0.15) is 17.0 Å². The summed E-state index contributed by atoms with van der Waals surface area (Å²) in [6.07, 6.45) is 1.23. The topological polar surface area (TPSA) is 33.0 Å². The van der Waals surface area contributed by atoms with Gasteiger partial charge in [0.05, 0.1) is 12.2 Å². The molecule has 0 aliphatic rings. The number of hydrogen-bond acceptors (Lipinski definition) is 3. The first-order valence-electron chi connectivity index (χ1n) is 5.97. The van der Waals surface area contributed by atoms with Crippen LogP contribution in [0.2, 0.25) is 0 Å². The summed E-state index contributed by atoms with van der Waals surface area (Å²) < 4.78 is 5.60. The van der Waals surface area contributed by atoms with E-state index in [1.165, 1.54) is 12.2 Å². The molecule has 0 saturated carbocycles. The minimum Gasteiger partial charge on any atom is -0.491 e. The van der Waals surface area contributed by atoms with E-state index in [1.807, 2.05) is 30.0 Å². The monoisotopic (exact) mass is 249 g/mol. The number of ether oxygens (including phenoxy) is 1. The van der Waals surface area contributed by atoms with Crippen LogP contribution in [0.15, 0.2) is 24.3 Å². The molecule has 3 heteroatoms. The van der Waals surface area contributed by atoms with E-state index in [0.717, 1.165) is 11.7 Å². The molecule has 1 aromatic carbocycles. The average molecular weight is 249 g/mol. The van der Waals surface area contributed by atoms with E-state index in [1.54, 1.807) is 6.07 Å². The number of rotatable bonds is 7. The third-order valence-corrected chi connectivity index (χ3v) is 3.85. The molecule has 0 fully saturated rings. The Labute approximate surface area is 108 Å². The van der Waals surface area contributed by atoms with Crippen molar-refractivity contribution in [2.75, 3.05) is 18.1 Å². The predicted molar refractivity (Wildman–Crippen MR) is 73.4 cm³/mol. The van der Waals surface area contributed by atoms with Crippen molar-refractivity contribution >= 4 is 11.8 Å². The Kier molecular flexibility index (Phi) is 6.57. The summed E-state index contributed by atoms with van der Waals surface area (Å²) in [7, 11) is 0. The van der Waals surface area contributed by atoms with Crippen LogP contribution in [0.3, 0.4) is 0 Å². The van der Waals surface area contributed by atoms with E-state index in [-0.39, 0.29) is 0 Å². The predicted octanol–water partition coefficient (Wildman–Crippen LogP) is 3.72. The Balaban J connectivity index is 2.25. The summed E-state index contributed by atoms with van der Waals surface area (Å²) in [5.74, 6) is 3.62. The van der Waals surface area contributed by atoms with Gasteiger partial charge >= 0.3 is 0 Å². The van der Waals surface area contributed by atoms with Gasteiger partial charge in [0.25, 0.3) is 0 Å². The van der Waals surface area contributed by atoms with Gasteiger partial charge in [-0.05, 0) is 23.8 Å². The Morgan fingerprint density at radius 2 is 2.18 bits per heavy atom. The highest BCUT2D eigenvalue weighted by atomic mass is 32.2. The molecule has 0 radical (unpaired) electrons. The minimum absolute atomic E-state index is 0.611. The van der Waals surface area contributed by atoms with Crippen LogP contribution in [-0.2, 0) is 0 Å². The third kappa shape index (κ3) is 5.14. The van der Waals surface area contributed by atoms with Gasteiger partial charge in [0.1, 0.15) is 11.8 Å². The molecule has 0 amide bonds. The molecule has 0 aliphatic carbocycles. The zero-order valence-electron chi connectivity index (χ0n) is 10.5. The van der Waals surface area contributed by atoms with Crippen molar-refractivity contribution in [3.8, 4) is 11.8 Å². The van der Waals surface area contributed by atoms with Gasteiger partial charge in [-0.3, -0.25) is 0 Å². The van der Waals surface area contributed by atoms with Crippen molar-refractivity contribution < 1.29 is 4.74 Å². The van der Waals surface area contributed by atoms with Gasteiger partial charge in [-0.15, -0.1) is 0 Å². The van der Waals surface area contributed by atoms with Crippen molar-refractivity contribution in [2.24, 2.45) is 5.92 Å². The quantitative estimate of drug-likeness (QED) is 0.690. The number of benzene rings is 1. The maximum atomic E-state index is 8.89. The first kappa shape index (κ1) is 13.9. The van der Waals surface area contributed by atoms with Crippen LogP contribution in [0.25, 0.3) is 0 Å². The smallest absolute Gasteiger partial charge is 0.137 e. The first-order chi connectivity index (χ1) is 8.27. The van der Waals surface area contributed by atoms with E-state index in [2.05, 4.69) is 19.9 Å². The van der Waals surface area contributed by atoms with Crippen LogP contribution in [0.4, 0.5) is 0 Å². The van der Waals surface area contributed by atoms with E-state index in [9.17, 15) is 0 Å². The molecular weight excluding hydrogens is 230 g/mol.